The number of aromatic amines is 1. The van der Waals surface area contributed by atoms with Gasteiger partial charge in [-0.25, -0.2) is 4.98 Å². The number of hydrogen-bond donors (Lipinski definition) is 2. The van der Waals surface area contributed by atoms with E-state index < -0.39 is 0 Å². The number of rotatable bonds is 4. The molecule has 5 nitrogen and oxygen atoms in total. The molecule has 124 valence electrons. The molecule has 2 aromatic heterocycles. The van der Waals surface area contributed by atoms with Crippen molar-refractivity contribution in [1.82, 2.24) is 19.9 Å². The average Bonchev–Trinajstić information content (AvgIpc) is 3.18. The molecule has 0 saturated carbocycles. The molecule has 1 amide bonds. The first-order valence-electron chi connectivity index (χ1n) is 8.55. The number of para-hydroxylation sites is 1. The summed E-state index contributed by atoms with van der Waals surface area (Å²) in [5, 5.41) is 4.38. The highest BCUT2D eigenvalue weighted by Gasteiger charge is 2.24. The van der Waals surface area contributed by atoms with Crippen LogP contribution in [0, 0.1) is 12.8 Å². The Balaban J connectivity index is 1.37. The van der Waals surface area contributed by atoms with Gasteiger partial charge < -0.3 is 14.9 Å². The fourth-order valence-corrected chi connectivity index (χ4v) is 3.70. The summed E-state index contributed by atoms with van der Waals surface area (Å²) >= 11 is 0. The number of nitrogens with zero attached hydrogens (tertiary/aromatic N) is 2. The maximum absolute atomic E-state index is 12.5. The molecule has 3 heterocycles. The molecule has 1 unspecified atom stereocenters. The maximum Gasteiger partial charge on any atom is 0.223 e. The summed E-state index contributed by atoms with van der Waals surface area (Å²) in [5.41, 5.74) is 4.81. The lowest BCUT2D eigenvalue weighted by Gasteiger charge is -2.23. The molecule has 4 rings (SSSR count). The zero-order valence-corrected chi connectivity index (χ0v) is 13.9. The predicted molar refractivity (Wildman–Crippen MR) is 93.8 cm³/mol. The van der Waals surface area contributed by atoms with Gasteiger partial charge in [0, 0.05) is 53.9 Å². The lowest BCUT2D eigenvalue weighted by Crippen LogP contribution is -2.36. The van der Waals surface area contributed by atoms with Crippen molar-refractivity contribution in [2.24, 2.45) is 5.92 Å². The lowest BCUT2D eigenvalue weighted by atomic mass is 9.95. The van der Waals surface area contributed by atoms with Gasteiger partial charge in [0.2, 0.25) is 5.91 Å². The highest BCUT2D eigenvalue weighted by Crippen LogP contribution is 2.22. The van der Waals surface area contributed by atoms with Crippen LogP contribution in [0.4, 0.5) is 0 Å². The van der Waals surface area contributed by atoms with Gasteiger partial charge in [-0.05, 0) is 31.4 Å². The first-order chi connectivity index (χ1) is 11.7. The van der Waals surface area contributed by atoms with Crippen molar-refractivity contribution in [2.45, 2.75) is 32.7 Å². The zero-order chi connectivity index (χ0) is 16.5. The van der Waals surface area contributed by atoms with E-state index in [4.69, 9.17) is 0 Å². The first kappa shape index (κ1) is 15.0. The molecule has 2 N–H and O–H groups in total. The van der Waals surface area contributed by atoms with Crippen LogP contribution in [0.15, 0.2) is 36.8 Å². The molecule has 1 aromatic carbocycles. The van der Waals surface area contributed by atoms with E-state index in [2.05, 4.69) is 45.0 Å². The quantitative estimate of drug-likeness (QED) is 0.775. The molecule has 24 heavy (non-hydrogen) atoms. The fraction of sp³-hybridized carbons (Fsp3) is 0.368. The summed E-state index contributed by atoms with van der Waals surface area (Å²) in [7, 11) is 0. The summed E-state index contributed by atoms with van der Waals surface area (Å²) in [6.07, 6.45) is 6.25. The molecule has 0 aliphatic carbocycles. The van der Waals surface area contributed by atoms with E-state index in [9.17, 15) is 4.79 Å². The molecule has 1 aliphatic heterocycles. The highest BCUT2D eigenvalue weighted by molar-refractivity contribution is 5.84. The summed E-state index contributed by atoms with van der Waals surface area (Å²) in [5.74, 6) is 0.234. The largest absolute Gasteiger partial charge is 0.358 e. The van der Waals surface area contributed by atoms with Crippen molar-refractivity contribution in [2.75, 3.05) is 6.54 Å². The van der Waals surface area contributed by atoms with Crippen LogP contribution in [0.25, 0.3) is 10.9 Å². The predicted octanol–water partition coefficient (Wildman–Crippen LogP) is 2.59. The number of amides is 1. The monoisotopic (exact) mass is 322 g/mol. The second-order valence-electron chi connectivity index (χ2n) is 6.58. The first-order valence-corrected chi connectivity index (χ1v) is 8.55. The Morgan fingerprint density at radius 1 is 1.42 bits per heavy atom. The maximum atomic E-state index is 12.5. The van der Waals surface area contributed by atoms with Crippen molar-refractivity contribution in [3.05, 3.63) is 53.7 Å². The minimum Gasteiger partial charge on any atom is -0.358 e. The van der Waals surface area contributed by atoms with Crippen LogP contribution in [0.1, 0.15) is 23.4 Å². The molecular formula is C19H22N4O. The highest BCUT2D eigenvalue weighted by atomic mass is 16.1. The number of aromatic nitrogens is 3. The standard InChI is InChI=1S/C19H22N4O/c1-13-16(17-4-2-3-5-18(17)22-13)6-8-21-19(24)14-7-9-23-12-20-11-15(23)10-14/h2-5,11-12,14,22H,6-10H2,1H3,(H,21,24). The third-order valence-corrected chi connectivity index (χ3v) is 5.04. The van der Waals surface area contributed by atoms with E-state index in [0.717, 1.165) is 37.0 Å². The fourth-order valence-electron chi connectivity index (χ4n) is 3.70. The Hall–Kier alpha value is -2.56. The molecule has 5 heteroatoms. The lowest BCUT2D eigenvalue weighted by molar-refractivity contribution is -0.125. The van der Waals surface area contributed by atoms with E-state index in [-0.39, 0.29) is 11.8 Å². The number of carbonyl (C=O) groups is 1. The summed E-state index contributed by atoms with van der Waals surface area (Å²) in [4.78, 5) is 20.0. The minimum atomic E-state index is 0.0678. The molecule has 0 saturated heterocycles. The van der Waals surface area contributed by atoms with Crippen molar-refractivity contribution in [3.8, 4) is 0 Å². The molecule has 0 fully saturated rings. The van der Waals surface area contributed by atoms with Crippen LogP contribution in [-0.4, -0.2) is 27.0 Å². The number of benzene rings is 1. The average molecular weight is 322 g/mol. The van der Waals surface area contributed by atoms with Crippen LogP contribution in [0.2, 0.25) is 0 Å². The Bertz CT molecular complexity index is 877. The van der Waals surface area contributed by atoms with E-state index in [1.807, 2.05) is 18.6 Å². The topological polar surface area (TPSA) is 62.7 Å². The Labute approximate surface area is 141 Å². The van der Waals surface area contributed by atoms with Gasteiger partial charge in [-0.1, -0.05) is 18.2 Å². The number of imidazole rings is 1. The van der Waals surface area contributed by atoms with Gasteiger partial charge in [-0.3, -0.25) is 4.79 Å². The number of H-pyrrole nitrogens is 1. The van der Waals surface area contributed by atoms with E-state index >= 15 is 0 Å². The van der Waals surface area contributed by atoms with Gasteiger partial charge in [0.05, 0.1) is 6.33 Å². The molecule has 0 radical (unpaired) electrons. The number of fused-ring (bicyclic) bond motifs is 2. The third-order valence-electron chi connectivity index (χ3n) is 5.04. The summed E-state index contributed by atoms with van der Waals surface area (Å²) in [6.45, 7) is 3.66. The van der Waals surface area contributed by atoms with Gasteiger partial charge in [0.25, 0.3) is 0 Å². The van der Waals surface area contributed by atoms with Crippen molar-refractivity contribution >= 4 is 16.8 Å². The van der Waals surface area contributed by atoms with Crippen LogP contribution in [0.5, 0.6) is 0 Å². The number of nitrogens with one attached hydrogen (secondary N) is 2. The summed E-state index contributed by atoms with van der Waals surface area (Å²) in [6, 6.07) is 8.33. The van der Waals surface area contributed by atoms with Gasteiger partial charge in [0.15, 0.2) is 0 Å². The van der Waals surface area contributed by atoms with Crippen LogP contribution in [-0.2, 0) is 24.2 Å². The Kier molecular flexibility index (Phi) is 3.84. The normalized spacial score (nSPS) is 17.0. The van der Waals surface area contributed by atoms with Gasteiger partial charge in [-0.15, -0.1) is 0 Å². The zero-order valence-electron chi connectivity index (χ0n) is 13.9. The van der Waals surface area contributed by atoms with Crippen LogP contribution >= 0.6 is 0 Å². The van der Waals surface area contributed by atoms with Gasteiger partial charge >= 0.3 is 0 Å². The molecule has 3 aromatic rings. The van der Waals surface area contributed by atoms with Gasteiger partial charge in [0.1, 0.15) is 0 Å². The number of aryl methyl sites for hydroxylation is 2. The Morgan fingerprint density at radius 3 is 3.21 bits per heavy atom. The Morgan fingerprint density at radius 2 is 2.29 bits per heavy atom. The van der Waals surface area contributed by atoms with Crippen molar-refractivity contribution in [3.63, 3.8) is 0 Å². The second kappa shape index (κ2) is 6.15. The van der Waals surface area contributed by atoms with Gasteiger partial charge in [-0.2, -0.15) is 0 Å². The second-order valence-corrected chi connectivity index (χ2v) is 6.58. The molecule has 1 atom stereocenters. The number of carbonyl (C=O) groups excluding carboxylic acids is 1. The smallest absolute Gasteiger partial charge is 0.223 e. The molecular weight excluding hydrogens is 300 g/mol. The van der Waals surface area contributed by atoms with Crippen LogP contribution < -0.4 is 5.32 Å². The van der Waals surface area contributed by atoms with E-state index in [1.54, 1.807) is 0 Å². The SMILES string of the molecule is Cc1[nH]c2ccccc2c1CCNC(=O)C1CCn2cncc2C1. The van der Waals surface area contributed by atoms with Crippen molar-refractivity contribution in [1.29, 1.82) is 0 Å². The minimum absolute atomic E-state index is 0.0678. The number of hydrogen-bond acceptors (Lipinski definition) is 2. The third kappa shape index (κ3) is 2.70. The van der Waals surface area contributed by atoms with E-state index in [0.29, 0.717) is 6.54 Å². The van der Waals surface area contributed by atoms with Crippen molar-refractivity contribution < 1.29 is 4.79 Å². The molecule has 1 aliphatic rings. The summed E-state index contributed by atoms with van der Waals surface area (Å²) < 4.78 is 2.14. The van der Waals surface area contributed by atoms with E-state index in [1.165, 1.54) is 16.6 Å². The molecule has 0 spiro atoms. The van der Waals surface area contributed by atoms with Crippen LogP contribution in [0.3, 0.4) is 0 Å². The molecule has 0 bridgehead atoms.